The zero-order valence-electron chi connectivity index (χ0n) is 13.6. The summed E-state index contributed by atoms with van der Waals surface area (Å²) < 4.78 is 0. The maximum absolute atomic E-state index is 2.59. The van der Waals surface area contributed by atoms with Gasteiger partial charge in [0.2, 0.25) is 0 Å². The fourth-order valence-electron chi connectivity index (χ4n) is 3.88. The van der Waals surface area contributed by atoms with Gasteiger partial charge in [0.15, 0.2) is 0 Å². The van der Waals surface area contributed by atoms with Crippen LogP contribution in [0.4, 0.5) is 0 Å². The zero-order chi connectivity index (χ0) is 15.0. The second-order valence-electron chi connectivity index (χ2n) is 6.10. The van der Waals surface area contributed by atoms with Crippen LogP contribution in [0.15, 0.2) is 36.4 Å². The average Bonchev–Trinajstić information content (AvgIpc) is 2.48. The predicted molar refractivity (Wildman–Crippen MR) is 89.9 cm³/mol. The molecular formula is C20H25N. The molecule has 0 aromatic heterocycles. The smallest absolute Gasteiger partial charge is 0.0612 e. The van der Waals surface area contributed by atoms with Gasteiger partial charge in [-0.3, -0.25) is 4.90 Å². The highest BCUT2D eigenvalue weighted by molar-refractivity contribution is 5.54. The molecule has 1 heteroatoms. The third-order valence-corrected chi connectivity index (χ3v) is 4.93. The minimum atomic E-state index is 0.418. The predicted octanol–water partition coefficient (Wildman–Crippen LogP) is 4.64. The molecule has 1 aliphatic rings. The van der Waals surface area contributed by atoms with Crippen LogP contribution in [-0.2, 0) is 6.42 Å². The van der Waals surface area contributed by atoms with Gasteiger partial charge in [0.1, 0.15) is 0 Å². The highest BCUT2D eigenvalue weighted by Gasteiger charge is 2.31. The molecular weight excluding hydrogens is 254 g/mol. The molecule has 0 radical (unpaired) electrons. The van der Waals surface area contributed by atoms with Crippen LogP contribution in [0.2, 0.25) is 0 Å². The second-order valence-corrected chi connectivity index (χ2v) is 6.10. The molecule has 0 amide bonds. The first-order valence-electron chi connectivity index (χ1n) is 8.08. The molecule has 0 heterocycles. The quantitative estimate of drug-likeness (QED) is 0.791. The Kier molecular flexibility index (Phi) is 3.86. The SMILES string of the molecule is CCN(CC)C1c2c(C)cccc2Cc2cccc(C)c21. The number of rotatable bonds is 3. The van der Waals surface area contributed by atoms with Crippen LogP contribution in [0.5, 0.6) is 0 Å². The van der Waals surface area contributed by atoms with Gasteiger partial charge in [-0.25, -0.2) is 0 Å². The van der Waals surface area contributed by atoms with Gasteiger partial charge in [0, 0.05) is 0 Å². The fraction of sp³-hybridized carbons (Fsp3) is 0.400. The standard InChI is InChI=1S/C20H25N/c1-5-21(6-2)20-18-14(3)9-7-11-16(18)13-17-12-8-10-15(4)19(17)20/h7-12,20H,5-6,13H2,1-4H3. The first-order valence-corrected chi connectivity index (χ1v) is 8.08. The van der Waals surface area contributed by atoms with E-state index in [1.807, 2.05) is 0 Å². The van der Waals surface area contributed by atoms with Gasteiger partial charge >= 0.3 is 0 Å². The molecule has 0 saturated carbocycles. The Morgan fingerprint density at radius 3 is 1.76 bits per heavy atom. The Bertz CT molecular complexity index is 601. The molecule has 2 aromatic rings. The molecule has 0 atom stereocenters. The second kappa shape index (κ2) is 5.65. The highest BCUT2D eigenvalue weighted by atomic mass is 15.1. The summed E-state index contributed by atoms with van der Waals surface area (Å²) in [6, 6.07) is 14.0. The van der Waals surface area contributed by atoms with Crippen LogP contribution in [-0.4, -0.2) is 18.0 Å². The van der Waals surface area contributed by atoms with E-state index in [0.29, 0.717) is 6.04 Å². The van der Waals surface area contributed by atoms with Gasteiger partial charge in [-0.2, -0.15) is 0 Å². The van der Waals surface area contributed by atoms with E-state index in [0.717, 1.165) is 19.5 Å². The molecule has 0 N–H and O–H groups in total. The molecule has 1 aliphatic carbocycles. The van der Waals surface area contributed by atoms with Crippen LogP contribution < -0.4 is 0 Å². The summed E-state index contributed by atoms with van der Waals surface area (Å²) in [6.45, 7) is 11.2. The summed E-state index contributed by atoms with van der Waals surface area (Å²) in [5, 5.41) is 0. The minimum Gasteiger partial charge on any atom is -0.293 e. The molecule has 110 valence electrons. The number of hydrogen-bond acceptors (Lipinski definition) is 1. The van der Waals surface area contributed by atoms with E-state index >= 15 is 0 Å². The molecule has 0 aliphatic heterocycles. The lowest BCUT2D eigenvalue weighted by Gasteiger charge is -2.38. The number of benzene rings is 2. The van der Waals surface area contributed by atoms with Gasteiger partial charge in [-0.1, -0.05) is 50.2 Å². The normalized spacial score (nSPS) is 14.1. The zero-order valence-corrected chi connectivity index (χ0v) is 13.6. The largest absolute Gasteiger partial charge is 0.293 e. The van der Waals surface area contributed by atoms with Crippen molar-refractivity contribution in [2.45, 2.75) is 40.2 Å². The Balaban J connectivity index is 2.26. The maximum atomic E-state index is 2.59. The van der Waals surface area contributed by atoms with Crippen LogP contribution in [0, 0.1) is 13.8 Å². The lowest BCUT2D eigenvalue weighted by atomic mass is 9.78. The number of aryl methyl sites for hydroxylation is 2. The van der Waals surface area contributed by atoms with Crippen molar-refractivity contribution in [2.24, 2.45) is 0 Å². The van der Waals surface area contributed by atoms with E-state index in [-0.39, 0.29) is 0 Å². The third-order valence-electron chi connectivity index (χ3n) is 4.93. The van der Waals surface area contributed by atoms with Crippen molar-refractivity contribution in [2.75, 3.05) is 13.1 Å². The Hall–Kier alpha value is -1.60. The van der Waals surface area contributed by atoms with E-state index < -0.39 is 0 Å². The number of hydrogen-bond donors (Lipinski definition) is 0. The molecule has 0 spiro atoms. The molecule has 0 fully saturated rings. The van der Waals surface area contributed by atoms with Crippen LogP contribution in [0.25, 0.3) is 0 Å². The van der Waals surface area contributed by atoms with Crippen molar-refractivity contribution in [3.63, 3.8) is 0 Å². The van der Waals surface area contributed by atoms with Gasteiger partial charge < -0.3 is 0 Å². The summed E-state index contributed by atoms with van der Waals surface area (Å²) in [4.78, 5) is 2.59. The summed E-state index contributed by atoms with van der Waals surface area (Å²) in [5.41, 5.74) is 8.96. The molecule has 0 saturated heterocycles. The van der Waals surface area contributed by atoms with Gasteiger partial charge in [-0.05, 0) is 66.7 Å². The lowest BCUT2D eigenvalue weighted by molar-refractivity contribution is 0.245. The molecule has 0 unspecified atom stereocenters. The lowest BCUT2D eigenvalue weighted by Crippen LogP contribution is -2.33. The van der Waals surface area contributed by atoms with Crippen molar-refractivity contribution >= 4 is 0 Å². The first kappa shape index (κ1) is 14.3. The van der Waals surface area contributed by atoms with Crippen LogP contribution in [0.3, 0.4) is 0 Å². The molecule has 2 aromatic carbocycles. The Labute approximate surface area is 128 Å². The van der Waals surface area contributed by atoms with Crippen molar-refractivity contribution in [1.29, 1.82) is 0 Å². The summed E-state index contributed by atoms with van der Waals surface area (Å²) in [5.74, 6) is 0. The monoisotopic (exact) mass is 279 g/mol. The topological polar surface area (TPSA) is 3.24 Å². The van der Waals surface area contributed by atoms with E-state index in [2.05, 4.69) is 69.0 Å². The van der Waals surface area contributed by atoms with Gasteiger partial charge in [-0.15, -0.1) is 0 Å². The van der Waals surface area contributed by atoms with Crippen LogP contribution >= 0.6 is 0 Å². The molecule has 1 nitrogen and oxygen atoms in total. The van der Waals surface area contributed by atoms with Crippen LogP contribution in [0.1, 0.15) is 53.3 Å². The maximum Gasteiger partial charge on any atom is 0.0612 e. The third kappa shape index (κ3) is 2.30. The van der Waals surface area contributed by atoms with Crippen molar-refractivity contribution in [3.8, 4) is 0 Å². The Morgan fingerprint density at radius 2 is 1.33 bits per heavy atom. The van der Waals surface area contributed by atoms with Gasteiger partial charge in [0.05, 0.1) is 6.04 Å². The van der Waals surface area contributed by atoms with Crippen molar-refractivity contribution < 1.29 is 0 Å². The summed E-state index contributed by atoms with van der Waals surface area (Å²) >= 11 is 0. The van der Waals surface area contributed by atoms with Gasteiger partial charge in [0.25, 0.3) is 0 Å². The van der Waals surface area contributed by atoms with E-state index in [9.17, 15) is 0 Å². The number of fused-ring (bicyclic) bond motifs is 2. The van der Waals surface area contributed by atoms with E-state index in [1.54, 1.807) is 11.1 Å². The van der Waals surface area contributed by atoms with E-state index in [1.165, 1.54) is 22.3 Å². The van der Waals surface area contributed by atoms with E-state index in [4.69, 9.17) is 0 Å². The summed E-state index contributed by atoms with van der Waals surface area (Å²) in [7, 11) is 0. The fourth-order valence-corrected chi connectivity index (χ4v) is 3.88. The number of nitrogens with zero attached hydrogens (tertiary/aromatic N) is 1. The first-order chi connectivity index (χ1) is 10.2. The van der Waals surface area contributed by atoms with Crippen molar-refractivity contribution in [3.05, 3.63) is 69.8 Å². The molecule has 0 bridgehead atoms. The molecule has 3 rings (SSSR count). The summed E-state index contributed by atoms with van der Waals surface area (Å²) in [6.07, 6.45) is 1.08. The average molecular weight is 279 g/mol. The van der Waals surface area contributed by atoms with Crippen molar-refractivity contribution in [1.82, 2.24) is 4.90 Å². The minimum absolute atomic E-state index is 0.418. The highest BCUT2D eigenvalue weighted by Crippen LogP contribution is 2.41. The molecule has 21 heavy (non-hydrogen) atoms. The Morgan fingerprint density at radius 1 is 0.857 bits per heavy atom.